The minimum absolute atomic E-state index is 0.618. The van der Waals surface area contributed by atoms with Crippen LogP contribution in [-0.4, -0.2) is 19.8 Å². The number of nitrogens with zero attached hydrogens (tertiary/aromatic N) is 2. The van der Waals surface area contributed by atoms with Crippen molar-refractivity contribution in [3.8, 4) is 0 Å². The van der Waals surface area contributed by atoms with Gasteiger partial charge in [-0.1, -0.05) is 58.5 Å². The Balaban J connectivity index is 1.38. The highest BCUT2D eigenvalue weighted by atomic mass is 35.5. The summed E-state index contributed by atoms with van der Waals surface area (Å²) in [4.78, 5) is 3.54. The lowest BCUT2D eigenvalue weighted by Crippen LogP contribution is -2.33. The van der Waals surface area contributed by atoms with Crippen LogP contribution in [0.3, 0.4) is 0 Å². The van der Waals surface area contributed by atoms with Crippen molar-refractivity contribution in [2.75, 3.05) is 24.7 Å². The number of halogens is 2. The summed E-state index contributed by atoms with van der Waals surface area (Å²) in [6.07, 6.45) is 10.9. The molecule has 3 nitrogen and oxygen atoms in total. The quantitative estimate of drug-likeness (QED) is 0.314. The fourth-order valence-corrected chi connectivity index (χ4v) is 6.76. The number of allylic oxidation sites excluding steroid dienone is 2. The van der Waals surface area contributed by atoms with Gasteiger partial charge in [0.2, 0.25) is 5.52 Å². The summed E-state index contributed by atoms with van der Waals surface area (Å²) >= 11 is 16.0. The highest BCUT2D eigenvalue weighted by Gasteiger charge is 2.23. The molecule has 0 saturated carbocycles. The molecule has 0 amide bonds. The topological polar surface area (TPSA) is 16.4 Å². The van der Waals surface area contributed by atoms with Crippen LogP contribution in [-0.2, 0) is 11.3 Å². The number of fused-ring (bicyclic) bond motifs is 2. The van der Waals surface area contributed by atoms with Crippen LogP contribution in [0, 0.1) is 0 Å². The smallest absolute Gasteiger partial charge is 0.262 e. The van der Waals surface area contributed by atoms with Gasteiger partial charge in [-0.2, -0.15) is 4.57 Å². The lowest BCUT2D eigenvalue weighted by atomic mass is 10.1. The van der Waals surface area contributed by atoms with E-state index < -0.39 is 0 Å². The van der Waals surface area contributed by atoms with E-state index in [9.17, 15) is 0 Å². The van der Waals surface area contributed by atoms with Gasteiger partial charge in [-0.25, -0.2) is 0 Å². The van der Waals surface area contributed by atoms with Gasteiger partial charge in [0.05, 0.1) is 23.9 Å². The molecule has 0 radical (unpaired) electrons. The summed E-state index contributed by atoms with van der Waals surface area (Å²) in [5, 5.41) is 3.94. The minimum Gasteiger partial charge on any atom is -0.372 e. The van der Waals surface area contributed by atoms with Crippen molar-refractivity contribution in [3.63, 3.8) is 0 Å². The third kappa shape index (κ3) is 4.86. The van der Waals surface area contributed by atoms with Crippen LogP contribution in [0.25, 0.3) is 16.3 Å². The summed E-state index contributed by atoms with van der Waals surface area (Å²) in [7, 11) is 0. The number of thiazole rings is 1. The number of rotatable bonds is 5. The summed E-state index contributed by atoms with van der Waals surface area (Å²) < 4.78 is 9.42. The van der Waals surface area contributed by atoms with E-state index in [4.69, 9.17) is 27.9 Å². The van der Waals surface area contributed by atoms with E-state index in [0.29, 0.717) is 13.2 Å². The van der Waals surface area contributed by atoms with Crippen molar-refractivity contribution in [2.24, 2.45) is 0 Å². The summed E-state index contributed by atoms with van der Waals surface area (Å²) in [6.45, 7) is 7.35. The molecule has 5 rings (SSSR count). The van der Waals surface area contributed by atoms with Gasteiger partial charge in [0.1, 0.15) is 11.2 Å². The number of thioether (sulfide) groups is 1. The van der Waals surface area contributed by atoms with Crippen molar-refractivity contribution in [2.45, 2.75) is 25.3 Å². The SMILES string of the molecule is CCN1/C(=C/C=C2C=C(/C=C/c3sc4ccc(Cl)cc4[n+]3CC)COC/2)Sc2ccc(Cl)cc21. The first-order chi connectivity index (χ1) is 16.6. The second-order valence-electron chi connectivity index (χ2n) is 8.05. The molecule has 2 aliphatic heterocycles. The van der Waals surface area contributed by atoms with E-state index in [-0.39, 0.29) is 0 Å². The van der Waals surface area contributed by atoms with Gasteiger partial charge in [0, 0.05) is 33.6 Å². The lowest BCUT2D eigenvalue weighted by molar-refractivity contribution is -0.665. The van der Waals surface area contributed by atoms with Gasteiger partial charge in [0.25, 0.3) is 5.01 Å². The van der Waals surface area contributed by atoms with E-state index in [1.807, 2.05) is 24.3 Å². The average molecular weight is 529 g/mol. The lowest BCUT2D eigenvalue weighted by Gasteiger charge is -2.18. The number of benzene rings is 2. The molecule has 0 unspecified atom stereocenters. The van der Waals surface area contributed by atoms with Crippen LogP contribution in [0.5, 0.6) is 0 Å². The summed E-state index contributed by atoms with van der Waals surface area (Å²) in [6, 6.07) is 12.2. The van der Waals surface area contributed by atoms with Crippen LogP contribution in [0.1, 0.15) is 18.9 Å². The van der Waals surface area contributed by atoms with Crippen LogP contribution in [0.15, 0.2) is 81.8 Å². The molecule has 1 aromatic heterocycles. The first-order valence-corrected chi connectivity index (χ1v) is 13.7. The van der Waals surface area contributed by atoms with Gasteiger partial charge < -0.3 is 9.64 Å². The normalized spacial score (nSPS) is 18.5. The monoisotopic (exact) mass is 527 g/mol. The van der Waals surface area contributed by atoms with E-state index in [2.05, 4.69) is 65.8 Å². The van der Waals surface area contributed by atoms with E-state index in [1.54, 1.807) is 23.1 Å². The van der Waals surface area contributed by atoms with Crippen LogP contribution in [0.2, 0.25) is 10.0 Å². The Morgan fingerprint density at radius 1 is 1.03 bits per heavy atom. The zero-order chi connectivity index (χ0) is 23.7. The molecule has 3 heterocycles. The molecule has 3 aromatic rings. The molecule has 0 atom stereocenters. The summed E-state index contributed by atoms with van der Waals surface area (Å²) in [5.74, 6) is 0. The predicted molar refractivity (Wildman–Crippen MR) is 147 cm³/mol. The third-order valence-electron chi connectivity index (χ3n) is 5.81. The molecule has 0 bridgehead atoms. The second kappa shape index (κ2) is 10.3. The maximum Gasteiger partial charge on any atom is 0.262 e. The molecular formula is C27H25Cl2N2OS2+. The Kier molecular flexibility index (Phi) is 7.19. The maximum atomic E-state index is 6.23. The van der Waals surface area contributed by atoms with Crippen molar-refractivity contribution in [1.29, 1.82) is 0 Å². The Labute approximate surface area is 218 Å². The first kappa shape index (κ1) is 23.7. The van der Waals surface area contributed by atoms with Crippen molar-refractivity contribution >= 4 is 68.3 Å². The largest absolute Gasteiger partial charge is 0.372 e. The summed E-state index contributed by atoms with van der Waals surface area (Å²) in [5.41, 5.74) is 4.68. The van der Waals surface area contributed by atoms with Crippen LogP contribution < -0.4 is 9.47 Å². The molecule has 0 N–H and O–H groups in total. The molecule has 34 heavy (non-hydrogen) atoms. The van der Waals surface area contributed by atoms with Gasteiger partial charge in [0.15, 0.2) is 0 Å². The second-order valence-corrected chi connectivity index (χ2v) is 11.0. The maximum absolute atomic E-state index is 6.23. The standard InChI is InChI=1S/C27H25Cl2N2OS2/c1-3-30-22-14-20(28)7-9-24(22)33-26(30)11-5-18-13-19(17-32-16-18)6-12-27-31(4-2)23-15-21(29)8-10-25(23)34-27/h5-15H,3-4,16-17H2,1-2H3/q+1. The Bertz CT molecular complexity index is 1370. The highest BCUT2D eigenvalue weighted by molar-refractivity contribution is 8.03. The number of hydrogen-bond donors (Lipinski definition) is 0. The number of anilines is 1. The Hall–Kier alpha value is -2.02. The minimum atomic E-state index is 0.618. The molecule has 0 spiro atoms. The Morgan fingerprint density at radius 2 is 1.85 bits per heavy atom. The molecule has 7 heteroatoms. The molecule has 0 saturated heterocycles. The number of ether oxygens (including phenoxy) is 1. The molecule has 2 aromatic carbocycles. The van der Waals surface area contributed by atoms with E-state index in [0.717, 1.165) is 34.3 Å². The van der Waals surface area contributed by atoms with E-state index in [1.165, 1.54) is 30.8 Å². The predicted octanol–water partition coefficient (Wildman–Crippen LogP) is 7.89. The van der Waals surface area contributed by atoms with Gasteiger partial charge in [-0.3, -0.25) is 0 Å². The average Bonchev–Trinajstić information content (AvgIpc) is 3.37. The van der Waals surface area contributed by atoms with Gasteiger partial charge >= 0.3 is 0 Å². The number of hydrogen-bond acceptors (Lipinski definition) is 4. The van der Waals surface area contributed by atoms with Gasteiger partial charge in [-0.15, -0.1) is 0 Å². The fourth-order valence-electron chi connectivity index (χ4n) is 4.21. The van der Waals surface area contributed by atoms with E-state index >= 15 is 0 Å². The Morgan fingerprint density at radius 3 is 2.68 bits per heavy atom. The molecule has 174 valence electrons. The number of aryl methyl sites for hydroxylation is 1. The zero-order valence-electron chi connectivity index (χ0n) is 19.1. The molecule has 0 fully saturated rings. The molecule has 2 aliphatic rings. The molecular weight excluding hydrogens is 503 g/mol. The highest BCUT2D eigenvalue weighted by Crippen LogP contribution is 2.46. The van der Waals surface area contributed by atoms with Crippen molar-refractivity contribution in [1.82, 2.24) is 0 Å². The fraction of sp³-hybridized carbons (Fsp3) is 0.222. The zero-order valence-corrected chi connectivity index (χ0v) is 22.2. The van der Waals surface area contributed by atoms with Crippen LogP contribution >= 0.6 is 46.3 Å². The van der Waals surface area contributed by atoms with Gasteiger partial charge in [-0.05, 0) is 67.5 Å². The molecule has 0 aliphatic carbocycles. The van der Waals surface area contributed by atoms with Crippen molar-refractivity contribution < 1.29 is 9.30 Å². The first-order valence-electron chi connectivity index (χ1n) is 11.3. The van der Waals surface area contributed by atoms with Crippen LogP contribution in [0.4, 0.5) is 5.69 Å². The number of aromatic nitrogens is 1. The van der Waals surface area contributed by atoms with Crippen molar-refractivity contribution in [3.05, 3.63) is 91.9 Å². The third-order valence-corrected chi connectivity index (χ3v) is 8.54.